The van der Waals surface area contributed by atoms with Crippen LogP contribution >= 0.6 is 0 Å². The van der Waals surface area contributed by atoms with Gasteiger partial charge in [-0.1, -0.05) is 0 Å². The monoisotopic (exact) mass is 316 g/mol. The van der Waals surface area contributed by atoms with Crippen molar-refractivity contribution in [3.63, 3.8) is 0 Å². The number of hydrogen-bond acceptors (Lipinski definition) is 4. The Kier molecular flexibility index (Phi) is 4.25. The lowest BCUT2D eigenvalue weighted by Gasteiger charge is -2.20. The Labute approximate surface area is 133 Å². The fraction of sp³-hybridized carbons (Fsp3) is 0.294. The van der Waals surface area contributed by atoms with Gasteiger partial charge in [0.15, 0.2) is 0 Å². The minimum atomic E-state index is -1.27. The van der Waals surface area contributed by atoms with Crippen LogP contribution in [0.4, 0.5) is 10.1 Å². The average molecular weight is 316 g/mol. The second kappa shape index (κ2) is 6.34. The van der Waals surface area contributed by atoms with Gasteiger partial charge in [-0.2, -0.15) is 0 Å². The van der Waals surface area contributed by atoms with Gasteiger partial charge < -0.3 is 15.2 Å². The molecule has 120 valence electrons. The first-order valence-electron chi connectivity index (χ1n) is 7.48. The highest BCUT2D eigenvalue weighted by atomic mass is 19.1. The Morgan fingerprint density at radius 2 is 1.87 bits per heavy atom. The number of carbonyl (C=O) groups is 1. The summed E-state index contributed by atoms with van der Waals surface area (Å²) in [4.78, 5) is 16.2. The third-order valence-corrected chi connectivity index (χ3v) is 3.88. The van der Waals surface area contributed by atoms with Gasteiger partial charge in [0.1, 0.15) is 17.2 Å². The molecule has 5 nitrogen and oxygen atoms in total. The van der Waals surface area contributed by atoms with Crippen molar-refractivity contribution >= 4 is 11.6 Å². The summed E-state index contributed by atoms with van der Waals surface area (Å²) in [6, 6.07) is 8.84. The fourth-order valence-corrected chi connectivity index (χ4v) is 2.57. The molecule has 2 aromatic rings. The van der Waals surface area contributed by atoms with E-state index in [4.69, 9.17) is 4.74 Å². The average Bonchev–Trinajstić information content (AvgIpc) is 3.00. The molecule has 0 unspecified atom stereocenters. The van der Waals surface area contributed by atoms with Gasteiger partial charge in [0.05, 0.1) is 11.9 Å². The summed E-state index contributed by atoms with van der Waals surface area (Å²) in [7, 11) is 0. The number of rotatable bonds is 4. The van der Waals surface area contributed by atoms with Gasteiger partial charge in [-0.05, 0) is 56.0 Å². The molecule has 1 aromatic heterocycles. The maximum absolute atomic E-state index is 12.8. The minimum Gasteiger partial charge on any atom is -0.439 e. The van der Waals surface area contributed by atoms with Crippen LogP contribution < -0.4 is 10.1 Å². The first kappa shape index (κ1) is 15.4. The second-order valence-corrected chi connectivity index (χ2v) is 5.63. The molecule has 0 atom stereocenters. The van der Waals surface area contributed by atoms with E-state index in [0.717, 1.165) is 12.8 Å². The Morgan fingerprint density at radius 3 is 2.48 bits per heavy atom. The van der Waals surface area contributed by atoms with E-state index in [-0.39, 0.29) is 5.82 Å². The topological polar surface area (TPSA) is 71.5 Å². The van der Waals surface area contributed by atoms with Gasteiger partial charge in [0.2, 0.25) is 5.88 Å². The van der Waals surface area contributed by atoms with Crippen molar-refractivity contribution in [2.24, 2.45) is 0 Å². The molecule has 2 N–H and O–H groups in total. The van der Waals surface area contributed by atoms with Crippen LogP contribution in [-0.2, 0) is 4.79 Å². The van der Waals surface area contributed by atoms with E-state index in [1.165, 1.54) is 30.5 Å². The smallest absolute Gasteiger partial charge is 0.256 e. The van der Waals surface area contributed by atoms with E-state index in [1.807, 2.05) is 0 Å². The van der Waals surface area contributed by atoms with E-state index in [9.17, 15) is 14.3 Å². The molecule has 0 saturated heterocycles. The first-order chi connectivity index (χ1) is 11.0. The molecule has 1 aliphatic carbocycles. The summed E-state index contributed by atoms with van der Waals surface area (Å²) in [5.74, 6) is 0.0577. The van der Waals surface area contributed by atoms with Crippen molar-refractivity contribution in [1.29, 1.82) is 0 Å². The highest BCUT2D eigenvalue weighted by Gasteiger charge is 2.38. The van der Waals surface area contributed by atoms with Gasteiger partial charge in [0.25, 0.3) is 5.91 Å². The van der Waals surface area contributed by atoms with Gasteiger partial charge >= 0.3 is 0 Å². The van der Waals surface area contributed by atoms with E-state index in [2.05, 4.69) is 10.3 Å². The van der Waals surface area contributed by atoms with Crippen LogP contribution in [0.15, 0.2) is 42.6 Å². The highest BCUT2D eigenvalue weighted by Crippen LogP contribution is 2.30. The number of aromatic nitrogens is 1. The number of aliphatic hydroxyl groups is 1. The SMILES string of the molecule is O=C(Nc1ccc(Oc2ccc(F)cc2)nc1)C1(O)CCCC1. The second-order valence-electron chi connectivity index (χ2n) is 5.63. The number of halogens is 1. The molecule has 1 amide bonds. The molecule has 23 heavy (non-hydrogen) atoms. The van der Waals surface area contributed by atoms with Crippen LogP contribution in [0.1, 0.15) is 25.7 Å². The van der Waals surface area contributed by atoms with Gasteiger partial charge in [-0.3, -0.25) is 4.79 Å². The maximum Gasteiger partial charge on any atom is 0.256 e. The molecule has 1 fully saturated rings. The maximum atomic E-state index is 12.8. The number of carbonyl (C=O) groups excluding carboxylic acids is 1. The Balaban J connectivity index is 1.62. The number of amides is 1. The number of pyridine rings is 1. The predicted molar refractivity (Wildman–Crippen MR) is 82.8 cm³/mol. The summed E-state index contributed by atoms with van der Waals surface area (Å²) in [6.45, 7) is 0. The molecule has 1 aromatic carbocycles. The van der Waals surface area contributed by atoms with Crippen molar-refractivity contribution < 1.29 is 19.0 Å². The van der Waals surface area contributed by atoms with Gasteiger partial charge in [-0.15, -0.1) is 0 Å². The van der Waals surface area contributed by atoms with Crippen molar-refractivity contribution in [2.75, 3.05) is 5.32 Å². The third-order valence-electron chi connectivity index (χ3n) is 3.88. The lowest BCUT2D eigenvalue weighted by atomic mass is 10.0. The lowest BCUT2D eigenvalue weighted by molar-refractivity contribution is -0.133. The van der Waals surface area contributed by atoms with Crippen molar-refractivity contribution in [2.45, 2.75) is 31.3 Å². The number of nitrogens with one attached hydrogen (secondary N) is 1. The van der Waals surface area contributed by atoms with Gasteiger partial charge in [0, 0.05) is 6.07 Å². The van der Waals surface area contributed by atoms with E-state index in [1.54, 1.807) is 12.1 Å². The quantitative estimate of drug-likeness (QED) is 0.908. The molecule has 3 rings (SSSR count). The molecule has 0 spiro atoms. The van der Waals surface area contributed by atoms with Crippen LogP contribution in [0.5, 0.6) is 11.6 Å². The Morgan fingerprint density at radius 1 is 1.17 bits per heavy atom. The summed E-state index contributed by atoms with van der Waals surface area (Å²) in [5, 5.41) is 12.9. The third kappa shape index (κ3) is 3.65. The number of nitrogens with zero attached hydrogens (tertiary/aromatic N) is 1. The van der Waals surface area contributed by atoms with Crippen molar-refractivity contribution in [1.82, 2.24) is 4.98 Å². The van der Waals surface area contributed by atoms with E-state index in [0.29, 0.717) is 30.2 Å². The zero-order valence-corrected chi connectivity index (χ0v) is 12.5. The Hall–Kier alpha value is -2.47. The zero-order valence-electron chi connectivity index (χ0n) is 12.5. The van der Waals surface area contributed by atoms with Gasteiger partial charge in [-0.25, -0.2) is 9.37 Å². The Bertz CT molecular complexity index is 680. The predicted octanol–water partition coefficient (Wildman–Crippen LogP) is 3.26. The molecule has 1 aliphatic rings. The largest absolute Gasteiger partial charge is 0.439 e. The number of ether oxygens (including phenoxy) is 1. The molecular weight excluding hydrogens is 299 g/mol. The van der Waals surface area contributed by atoms with Crippen molar-refractivity contribution in [3.8, 4) is 11.6 Å². The molecule has 6 heteroatoms. The fourth-order valence-electron chi connectivity index (χ4n) is 2.57. The molecule has 0 radical (unpaired) electrons. The van der Waals surface area contributed by atoms with Crippen LogP contribution in [0.2, 0.25) is 0 Å². The molecular formula is C17H17FN2O3. The molecule has 0 aliphatic heterocycles. The molecule has 1 heterocycles. The standard InChI is InChI=1S/C17H17FN2O3/c18-12-3-6-14(7-4-12)23-15-8-5-13(11-19-15)20-16(21)17(22)9-1-2-10-17/h3-8,11,22H,1-2,9-10H2,(H,20,21). The summed E-state index contributed by atoms with van der Waals surface area (Å²) in [5.41, 5.74) is -0.787. The van der Waals surface area contributed by atoms with Crippen LogP contribution in [0.3, 0.4) is 0 Å². The number of benzene rings is 1. The zero-order chi connectivity index (χ0) is 16.3. The molecule has 1 saturated carbocycles. The number of hydrogen-bond donors (Lipinski definition) is 2. The lowest BCUT2D eigenvalue weighted by Crippen LogP contribution is -2.40. The first-order valence-corrected chi connectivity index (χ1v) is 7.48. The van der Waals surface area contributed by atoms with Crippen LogP contribution in [0.25, 0.3) is 0 Å². The highest BCUT2D eigenvalue weighted by molar-refractivity contribution is 5.97. The van der Waals surface area contributed by atoms with E-state index >= 15 is 0 Å². The van der Waals surface area contributed by atoms with E-state index < -0.39 is 11.5 Å². The van der Waals surface area contributed by atoms with Crippen LogP contribution in [0, 0.1) is 5.82 Å². The summed E-state index contributed by atoms with van der Waals surface area (Å²) in [6.07, 6.45) is 4.13. The minimum absolute atomic E-state index is 0.328. The summed E-state index contributed by atoms with van der Waals surface area (Å²) < 4.78 is 18.3. The number of anilines is 1. The van der Waals surface area contributed by atoms with Crippen molar-refractivity contribution in [3.05, 3.63) is 48.4 Å². The normalized spacial score (nSPS) is 16.1. The molecule has 0 bridgehead atoms. The van der Waals surface area contributed by atoms with Crippen LogP contribution in [-0.4, -0.2) is 21.6 Å². The summed E-state index contributed by atoms with van der Waals surface area (Å²) >= 11 is 0.